The molecule has 0 saturated carbocycles. The van der Waals surface area contributed by atoms with Crippen LogP contribution in [0.3, 0.4) is 0 Å². The Bertz CT molecular complexity index is 855. The molecule has 154 valence electrons. The SMILES string of the molecule is CCOC(=O)C1CCCN(c2nc(C)nc3c2CN(Cc2ccccc2)CC3)C1. The van der Waals surface area contributed by atoms with Crippen molar-refractivity contribution >= 4 is 11.8 Å². The second kappa shape index (κ2) is 8.91. The van der Waals surface area contributed by atoms with E-state index < -0.39 is 0 Å². The third-order valence-electron chi connectivity index (χ3n) is 5.82. The van der Waals surface area contributed by atoms with Crippen molar-refractivity contribution < 1.29 is 9.53 Å². The fourth-order valence-electron chi connectivity index (χ4n) is 4.43. The molecule has 1 aromatic carbocycles. The van der Waals surface area contributed by atoms with Crippen LogP contribution in [0.4, 0.5) is 5.82 Å². The van der Waals surface area contributed by atoms with E-state index in [1.165, 1.54) is 11.1 Å². The van der Waals surface area contributed by atoms with Crippen molar-refractivity contribution in [2.24, 2.45) is 5.92 Å². The summed E-state index contributed by atoms with van der Waals surface area (Å²) in [5.74, 6) is 1.67. The average molecular weight is 395 g/mol. The van der Waals surface area contributed by atoms with Crippen molar-refractivity contribution in [1.29, 1.82) is 0 Å². The van der Waals surface area contributed by atoms with E-state index in [1.807, 2.05) is 13.8 Å². The molecule has 6 nitrogen and oxygen atoms in total. The van der Waals surface area contributed by atoms with E-state index >= 15 is 0 Å². The largest absolute Gasteiger partial charge is 0.466 e. The maximum Gasteiger partial charge on any atom is 0.310 e. The van der Waals surface area contributed by atoms with Crippen LogP contribution in [0.5, 0.6) is 0 Å². The molecule has 1 saturated heterocycles. The highest BCUT2D eigenvalue weighted by Gasteiger charge is 2.31. The van der Waals surface area contributed by atoms with Gasteiger partial charge in [0.15, 0.2) is 0 Å². The monoisotopic (exact) mass is 394 g/mol. The van der Waals surface area contributed by atoms with Crippen LogP contribution in [0.25, 0.3) is 0 Å². The molecule has 2 aliphatic rings. The number of ether oxygens (including phenoxy) is 1. The number of hydrogen-bond acceptors (Lipinski definition) is 6. The van der Waals surface area contributed by atoms with Crippen molar-refractivity contribution in [2.45, 2.75) is 46.2 Å². The molecule has 6 heteroatoms. The van der Waals surface area contributed by atoms with Gasteiger partial charge in [-0.2, -0.15) is 0 Å². The van der Waals surface area contributed by atoms with Gasteiger partial charge in [-0.25, -0.2) is 9.97 Å². The summed E-state index contributed by atoms with van der Waals surface area (Å²) in [7, 11) is 0. The van der Waals surface area contributed by atoms with E-state index in [0.717, 1.165) is 62.8 Å². The normalized spacial score (nSPS) is 19.7. The van der Waals surface area contributed by atoms with Gasteiger partial charge in [-0.3, -0.25) is 9.69 Å². The lowest BCUT2D eigenvalue weighted by molar-refractivity contribution is -0.148. The number of nitrogens with zero attached hydrogens (tertiary/aromatic N) is 4. The summed E-state index contributed by atoms with van der Waals surface area (Å²) in [5.41, 5.74) is 3.71. The lowest BCUT2D eigenvalue weighted by Crippen LogP contribution is -2.41. The molecule has 0 radical (unpaired) electrons. The first-order chi connectivity index (χ1) is 14.1. The third-order valence-corrected chi connectivity index (χ3v) is 5.82. The molecule has 29 heavy (non-hydrogen) atoms. The summed E-state index contributed by atoms with van der Waals surface area (Å²) in [6.07, 6.45) is 2.81. The van der Waals surface area contributed by atoms with Crippen LogP contribution >= 0.6 is 0 Å². The molecule has 0 amide bonds. The van der Waals surface area contributed by atoms with E-state index in [9.17, 15) is 4.79 Å². The van der Waals surface area contributed by atoms with Crippen LogP contribution in [-0.4, -0.2) is 47.1 Å². The summed E-state index contributed by atoms with van der Waals surface area (Å²) in [6.45, 7) is 8.66. The van der Waals surface area contributed by atoms with Gasteiger partial charge in [0, 0.05) is 44.7 Å². The van der Waals surface area contributed by atoms with Crippen molar-refractivity contribution in [1.82, 2.24) is 14.9 Å². The molecule has 1 fully saturated rings. The highest BCUT2D eigenvalue weighted by Crippen LogP contribution is 2.30. The van der Waals surface area contributed by atoms with Gasteiger partial charge >= 0.3 is 5.97 Å². The lowest BCUT2D eigenvalue weighted by atomic mass is 9.97. The quantitative estimate of drug-likeness (QED) is 0.727. The summed E-state index contributed by atoms with van der Waals surface area (Å²) in [6, 6.07) is 10.6. The summed E-state index contributed by atoms with van der Waals surface area (Å²) < 4.78 is 5.28. The van der Waals surface area contributed by atoms with Gasteiger partial charge in [0.2, 0.25) is 0 Å². The van der Waals surface area contributed by atoms with Crippen molar-refractivity contribution in [3.05, 3.63) is 53.0 Å². The van der Waals surface area contributed by atoms with Crippen LogP contribution in [0.2, 0.25) is 0 Å². The van der Waals surface area contributed by atoms with Gasteiger partial charge in [-0.1, -0.05) is 30.3 Å². The lowest BCUT2D eigenvalue weighted by Gasteiger charge is -2.36. The van der Waals surface area contributed by atoms with Crippen LogP contribution in [-0.2, 0) is 29.0 Å². The van der Waals surface area contributed by atoms with Gasteiger partial charge in [0.05, 0.1) is 18.2 Å². The summed E-state index contributed by atoms with van der Waals surface area (Å²) in [5, 5.41) is 0. The molecule has 0 aliphatic carbocycles. The molecule has 1 unspecified atom stereocenters. The molecule has 3 heterocycles. The minimum absolute atomic E-state index is 0.0707. The Labute approximate surface area is 172 Å². The van der Waals surface area contributed by atoms with Crippen LogP contribution in [0.15, 0.2) is 30.3 Å². The number of esters is 1. The Kier molecular flexibility index (Phi) is 6.09. The highest BCUT2D eigenvalue weighted by atomic mass is 16.5. The molecule has 1 aromatic heterocycles. The predicted molar refractivity (Wildman–Crippen MR) is 113 cm³/mol. The first-order valence-corrected chi connectivity index (χ1v) is 10.7. The van der Waals surface area contributed by atoms with Crippen LogP contribution < -0.4 is 4.90 Å². The third kappa shape index (κ3) is 4.58. The second-order valence-electron chi connectivity index (χ2n) is 8.00. The predicted octanol–water partition coefficient (Wildman–Crippen LogP) is 3.12. The number of fused-ring (bicyclic) bond motifs is 1. The molecule has 0 N–H and O–H groups in total. The molecule has 2 aromatic rings. The summed E-state index contributed by atoms with van der Waals surface area (Å²) >= 11 is 0. The number of aromatic nitrogens is 2. The zero-order chi connectivity index (χ0) is 20.2. The maximum absolute atomic E-state index is 12.3. The number of anilines is 1. The van der Waals surface area contributed by atoms with E-state index in [-0.39, 0.29) is 11.9 Å². The number of carbonyl (C=O) groups is 1. The average Bonchev–Trinajstić information content (AvgIpc) is 2.74. The second-order valence-corrected chi connectivity index (χ2v) is 8.00. The number of piperidine rings is 1. The van der Waals surface area contributed by atoms with Gasteiger partial charge in [0.25, 0.3) is 0 Å². The molecular formula is C23H30N4O2. The Morgan fingerprint density at radius 2 is 2.03 bits per heavy atom. The van der Waals surface area contributed by atoms with E-state index in [0.29, 0.717) is 13.2 Å². The van der Waals surface area contributed by atoms with Crippen molar-refractivity contribution in [3.63, 3.8) is 0 Å². The molecule has 0 spiro atoms. The minimum Gasteiger partial charge on any atom is -0.466 e. The molecule has 0 bridgehead atoms. The first kappa shape index (κ1) is 19.8. The standard InChI is InChI=1S/C23H30N4O2/c1-3-29-23(28)19-10-7-12-27(15-19)22-20-16-26(14-18-8-5-4-6-9-18)13-11-21(20)24-17(2)25-22/h4-6,8-9,19H,3,7,10-16H2,1-2H3. The Hall–Kier alpha value is -2.47. The fraction of sp³-hybridized carbons (Fsp3) is 0.522. The molecular weight excluding hydrogens is 364 g/mol. The fourth-order valence-corrected chi connectivity index (χ4v) is 4.43. The van der Waals surface area contributed by atoms with Crippen LogP contribution in [0, 0.1) is 12.8 Å². The van der Waals surface area contributed by atoms with E-state index in [2.05, 4.69) is 40.1 Å². The van der Waals surface area contributed by atoms with Crippen molar-refractivity contribution in [2.75, 3.05) is 31.1 Å². The van der Waals surface area contributed by atoms with E-state index in [1.54, 1.807) is 0 Å². The van der Waals surface area contributed by atoms with Gasteiger partial charge in [0.1, 0.15) is 11.6 Å². The summed E-state index contributed by atoms with van der Waals surface area (Å²) in [4.78, 5) is 26.6. The topological polar surface area (TPSA) is 58.6 Å². The Morgan fingerprint density at radius 1 is 1.21 bits per heavy atom. The zero-order valence-corrected chi connectivity index (χ0v) is 17.4. The Balaban J connectivity index is 1.55. The van der Waals surface area contributed by atoms with Gasteiger partial charge < -0.3 is 9.64 Å². The molecule has 2 aliphatic heterocycles. The molecule has 4 rings (SSSR count). The van der Waals surface area contributed by atoms with E-state index in [4.69, 9.17) is 14.7 Å². The van der Waals surface area contributed by atoms with Crippen LogP contribution in [0.1, 0.15) is 42.4 Å². The number of aryl methyl sites for hydroxylation is 1. The number of carbonyl (C=O) groups excluding carboxylic acids is 1. The van der Waals surface area contributed by atoms with Gasteiger partial charge in [-0.15, -0.1) is 0 Å². The van der Waals surface area contributed by atoms with Gasteiger partial charge in [-0.05, 0) is 32.3 Å². The Morgan fingerprint density at radius 3 is 2.83 bits per heavy atom. The van der Waals surface area contributed by atoms with Crippen molar-refractivity contribution in [3.8, 4) is 0 Å². The maximum atomic E-state index is 12.3. The number of hydrogen-bond donors (Lipinski definition) is 0. The minimum atomic E-state index is -0.0810. The highest BCUT2D eigenvalue weighted by molar-refractivity contribution is 5.73. The molecule has 1 atom stereocenters. The number of rotatable bonds is 5. The zero-order valence-electron chi connectivity index (χ0n) is 17.4. The first-order valence-electron chi connectivity index (χ1n) is 10.7. The number of benzene rings is 1. The smallest absolute Gasteiger partial charge is 0.310 e.